The van der Waals surface area contributed by atoms with Crippen LogP contribution in [-0.4, -0.2) is 0 Å². The Balaban J connectivity index is 2.34. The molecule has 0 aliphatic rings. The molecule has 0 amide bonds. The van der Waals surface area contributed by atoms with E-state index in [-0.39, 0.29) is 5.54 Å². The minimum absolute atomic E-state index is 0.214. The standard InChI is InChI=1S/C17H18ClN/c1-3-12-17(2,14-8-7-9-15(18)13-14)19-16-10-5-4-6-11-16/h3-11,13,19H,1,12H2,2H3. The number of hydrogen-bond donors (Lipinski definition) is 1. The van der Waals surface area contributed by atoms with Crippen molar-refractivity contribution in [3.8, 4) is 0 Å². The Hall–Kier alpha value is -1.73. The summed E-state index contributed by atoms with van der Waals surface area (Å²) in [5, 5.41) is 4.32. The molecule has 0 aliphatic carbocycles. The topological polar surface area (TPSA) is 12.0 Å². The van der Waals surface area contributed by atoms with Gasteiger partial charge in [-0.2, -0.15) is 0 Å². The van der Waals surface area contributed by atoms with Gasteiger partial charge >= 0.3 is 0 Å². The van der Waals surface area contributed by atoms with Gasteiger partial charge in [0.15, 0.2) is 0 Å². The lowest BCUT2D eigenvalue weighted by atomic mass is 9.88. The van der Waals surface area contributed by atoms with Crippen molar-refractivity contribution in [2.75, 3.05) is 5.32 Å². The third-order valence-corrected chi connectivity index (χ3v) is 3.44. The normalized spacial score (nSPS) is 13.6. The van der Waals surface area contributed by atoms with E-state index in [4.69, 9.17) is 11.6 Å². The predicted octanol–water partition coefficient (Wildman–Crippen LogP) is 5.24. The fraction of sp³-hybridized carbons (Fsp3) is 0.176. The largest absolute Gasteiger partial charge is 0.375 e. The number of benzene rings is 2. The molecule has 0 saturated carbocycles. The van der Waals surface area contributed by atoms with Gasteiger partial charge in [-0.3, -0.25) is 0 Å². The van der Waals surface area contributed by atoms with Crippen molar-refractivity contribution in [2.45, 2.75) is 18.9 Å². The molecule has 0 saturated heterocycles. The van der Waals surface area contributed by atoms with Crippen molar-refractivity contribution < 1.29 is 0 Å². The minimum atomic E-state index is -0.214. The Labute approximate surface area is 119 Å². The summed E-state index contributed by atoms with van der Waals surface area (Å²) in [6.07, 6.45) is 2.75. The van der Waals surface area contributed by atoms with E-state index in [0.717, 1.165) is 22.7 Å². The van der Waals surface area contributed by atoms with Gasteiger partial charge in [0, 0.05) is 10.7 Å². The average molecular weight is 272 g/mol. The molecule has 1 unspecified atom stereocenters. The highest BCUT2D eigenvalue weighted by molar-refractivity contribution is 6.30. The van der Waals surface area contributed by atoms with Crippen LogP contribution >= 0.6 is 11.6 Å². The fourth-order valence-corrected chi connectivity index (χ4v) is 2.39. The molecule has 0 aliphatic heterocycles. The zero-order chi connectivity index (χ0) is 13.7. The molecule has 2 aromatic rings. The van der Waals surface area contributed by atoms with Crippen LogP contribution in [0.15, 0.2) is 67.3 Å². The summed E-state index contributed by atoms with van der Waals surface area (Å²) in [5.74, 6) is 0. The van der Waals surface area contributed by atoms with E-state index in [2.05, 4.69) is 37.0 Å². The van der Waals surface area contributed by atoms with Crippen LogP contribution < -0.4 is 5.32 Å². The van der Waals surface area contributed by atoms with Gasteiger partial charge in [-0.1, -0.05) is 48.0 Å². The van der Waals surface area contributed by atoms with E-state index in [1.165, 1.54) is 0 Å². The second-order valence-corrected chi connectivity index (χ2v) is 5.26. The minimum Gasteiger partial charge on any atom is -0.375 e. The summed E-state index contributed by atoms with van der Waals surface area (Å²) in [6.45, 7) is 6.02. The summed E-state index contributed by atoms with van der Waals surface area (Å²) in [6, 6.07) is 18.1. The third kappa shape index (κ3) is 3.39. The van der Waals surface area contributed by atoms with Gasteiger partial charge in [-0.25, -0.2) is 0 Å². The first-order valence-electron chi connectivity index (χ1n) is 6.34. The SMILES string of the molecule is C=CCC(C)(Nc1ccccc1)c1cccc(Cl)c1. The maximum Gasteiger partial charge on any atom is 0.0631 e. The Bertz CT molecular complexity index is 550. The van der Waals surface area contributed by atoms with E-state index in [0.29, 0.717) is 0 Å². The quantitative estimate of drug-likeness (QED) is 0.733. The van der Waals surface area contributed by atoms with Crippen LogP contribution in [0.1, 0.15) is 18.9 Å². The highest BCUT2D eigenvalue weighted by Gasteiger charge is 2.25. The Morgan fingerprint density at radius 3 is 2.53 bits per heavy atom. The smallest absolute Gasteiger partial charge is 0.0631 e. The first-order valence-corrected chi connectivity index (χ1v) is 6.72. The summed E-state index contributed by atoms with van der Waals surface area (Å²) in [7, 11) is 0. The lowest BCUT2D eigenvalue weighted by Crippen LogP contribution is -2.31. The summed E-state index contributed by atoms with van der Waals surface area (Å²) in [4.78, 5) is 0. The van der Waals surface area contributed by atoms with E-state index >= 15 is 0 Å². The zero-order valence-electron chi connectivity index (χ0n) is 11.1. The molecule has 0 radical (unpaired) electrons. The highest BCUT2D eigenvalue weighted by Crippen LogP contribution is 2.31. The number of nitrogens with one attached hydrogen (secondary N) is 1. The maximum absolute atomic E-state index is 6.10. The van der Waals surface area contributed by atoms with Gasteiger partial charge < -0.3 is 5.32 Å². The number of para-hydroxylation sites is 1. The molecule has 1 nitrogen and oxygen atoms in total. The highest BCUT2D eigenvalue weighted by atomic mass is 35.5. The molecule has 2 heteroatoms. The summed E-state index contributed by atoms with van der Waals surface area (Å²) < 4.78 is 0. The molecule has 2 aromatic carbocycles. The number of rotatable bonds is 5. The van der Waals surface area contributed by atoms with Gasteiger partial charge in [0.2, 0.25) is 0 Å². The van der Waals surface area contributed by atoms with Crippen LogP contribution in [0.3, 0.4) is 0 Å². The molecule has 1 N–H and O–H groups in total. The maximum atomic E-state index is 6.10. The van der Waals surface area contributed by atoms with E-state index in [9.17, 15) is 0 Å². The molecule has 2 rings (SSSR count). The first kappa shape index (κ1) is 13.7. The van der Waals surface area contributed by atoms with Crippen molar-refractivity contribution >= 4 is 17.3 Å². The molecule has 98 valence electrons. The third-order valence-electron chi connectivity index (χ3n) is 3.21. The van der Waals surface area contributed by atoms with Crippen molar-refractivity contribution in [1.82, 2.24) is 0 Å². The number of halogens is 1. The van der Waals surface area contributed by atoms with Gasteiger partial charge in [0.05, 0.1) is 5.54 Å². The molecule has 0 heterocycles. The van der Waals surface area contributed by atoms with Gasteiger partial charge in [-0.05, 0) is 43.2 Å². The average Bonchev–Trinajstić information content (AvgIpc) is 2.40. The summed E-state index contributed by atoms with van der Waals surface area (Å²) in [5.41, 5.74) is 2.03. The Morgan fingerprint density at radius 2 is 1.89 bits per heavy atom. The van der Waals surface area contributed by atoms with E-state index in [1.807, 2.05) is 42.5 Å². The van der Waals surface area contributed by atoms with Crippen LogP contribution in [0.5, 0.6) is 0 Å². The lowest BCUT2D eigenvalue weighted by molar-refractivity contribution is 0.553. The van der Waals surface area contributed by atoms with Gasteiger partial charge in [0.25, 0.3) is 0 Å². The Kier molecular flexibility index (Phi) is 4.28. The first-order chi connectivity index (χ1) is 9.14. The molecule has 0 fully saturated rings. The number of anilines is 1. The van der Waals surface area contributed by atoms with Crippen molar-refractivity contribution in [3.05, 3.63) is 77.8 Å². The van der Waals surface area contributed by atoms with E-state index in [1.54, 1.807) is 0 Å². The molecule has 0 spiro atoms. The molecule has 1 atom stereocenters. The lowest BCUT2D eigenvalue weighted by Gasteiger charge is -2.32. The van der Waals surface area contributed by atoms with Crippen LogP contribution in [0.4, 0.5) is 5.69 Å². The molecule has 0 aromatic heterocycles. The van der Waals surface area contributed by atoms with E-state index < -0.39 is 0 Å². The summed E-state index contributed by atoms with van der Waals surface area (Å²) >= 11 is 6.10. The predicted molar refractivity (Wildman–Crippen MR) is 83.7 cm³/mol. The molecule has 0 bridgehead atoms. The van der Waals surface area contributed by atoms with Crippen LogP contribution in [-0.2, 0) is 5.54 Å². The number of hydrogen-bond acceptors (Lipinski definition) is 1. The fourth-order valence-electron chi connectivity index (χ4n) is 2.20. The van der Waals surface area contributed by atoms with Gasteiger partial charge in [0.1, 0.15) is 0 Å². The van der Waals surface area contributed by atoms with Crippen LogP contribution in [0.25, 0.3) is 0 Å². The second kappa shape index (κ2) is 5.94. The zero-order valence-corrected chi connectivity index (χ0v) is 11.8. The monoisotopic (exact) mass is 271 g/mol. The molecule has 19 heavy (non-hydrogen) atoms. The van der Waals surface area contributed by atoms with Crippen molar-refractivity contribution in [1.29, 1.82) is 0 Å². The Morgan fingerprint density at radius 1 is 1.16 bits per heavy atom. The van der Waals surface area contributed by atoms with Gasteiger partial charge in [-0.15, -0.1) is 6.58 Å². The van der Waals surface area contributed by atoms with Crippen molar-refractivity contribution in [3.63, 3.8) is 0 Å². The van der Waals surface area contributed by atoms with Crippen molar-refractivity contribution in [2.24, 2.45) is 0 Å². The molecular weight excluding hydrogens is 254 g/mol. The molecular formula is C17H18ClN. The van der Waals surface area contributed by atoms with Crippen LogP contribution in [0, 0.1) is 0 Å². The second-order valence-electron chi connectivity index (χ2n) is 4.83. The van der Waals surface area contributed by atoms with Crippen LogP contribution in [0.2, 0.25) is 5.02 Å².